The van der Waals surface area contributed by atoms with Crippen molar-refractivity contribution in [1.82, 2.24) is 4.90 Å². The Labute approximate surface area is 147 Å². The van der Waals surface area contributed by atoms with Gasteiger partial charge in [0, 0.05) is 17.1 Å². The predicted octanol–water partition coefficient (Wildman–Crippen LogP) is 4.79. The lowest BCUT2D eigenvalue weighted by Gasteiger charge is -2.24. The molecule has 1 aromatic carbocycles. The minimum absolute atomic E-state index is 0.00482. The molecule has 0 unspecified atom stereocenters. The molecule has 1 amide bonds. The van der Waals surface area contributed by atoms with Crippen molar-refractivity contribution in [3.05, 3.63) is 50.2 Å². The Kier molecular flexibility index (Phi) is 5.84. The molecule has 1 heterocycles. The van der Waals surface area contributed by atoms with Crippen LogP contribution in [0.1, 0.15) is 28.5 Å². The van der Waals surface area contributed by atoms with Gasteiger partial charge in [-0.1, -0.05) is 29.3 Å². The number of carbonyl (C=O) groups excluding carboxylic acids is 1. The third-order valence-electron chi connectivity index (χ3n) is 4.00. The van der Waals surface area contributed by atoms with E-state index in [4.69, 9.17) is 11.6 Å². The standard InChI is InChI=1S/C18H23ClN2OS/c1-11-8-12(2)17(13(3)9-11)20-18(22)14(4)21(5)10-15-6-7-16(19)23-15/h6-9,14H,10H2,1-5H3,(H,20,22)/t14-/m0/s1. The summed E-state index contributed by atoms with van der Waals surface area (Å²) in [4.78, 5) is 15.7. The maximum absolute atomic E-state index is 12.6. The third-order valence-corrected chi connectivity index (χ3v) is 5.22. The number of nitrogens with one attached hydrogen (secondary N) is 1. The average molecular weight is 351 g/mol. The van der Waals surface area contributed by atoms with Gasteiger partial charge in [0.2, 0.25) is 5.91 Å². The molecule has 0 saturated heterocycles. The molecule has 0 fully saturated rings. The molecule has 23 heavy (non-hydrogen) atoms. The zero-order valence-electron chi connectivity index (χ0n) is 14.2. The molecule has 3 nitrogen and oxygen atoms in total. The van der Waals surface area contributed by atoms with E-state index in [1.54, 1.807) is 11.3 Å². The van der Waals surface area contributed by atoms with E-state index in [0.717, 1.165) is 26.0 Å². The molecule has 2 aromatic rings. The number of aryl methyl sites for hydroxylation is 3. The van der Waals surface area contributed by atoms with Gasteiger partial charge < -0.3 is 5.32 Å². The van der Waals surface area contributed by atoms with E-state index in [1.165, 1.54) is 5.56 Å². The molecule has 5 heteroatoms. The Hall–Kier alpha value is -1.36. The summed E-state index contributed by atoms with van der Waals surface area (Å²) in [5, 5.41) is 3.07. The van der Waals surface area contributed by atoms with E-state index in [-0.39, 0.29) is 11.9 Å². The lowest BCUT2D eigenvalue weighted by Crippen LogP contribution is -2.39. The molecular weight excluding hydrogens is 328 g/mol. The fraction of sp³-hybridized carbons (Fsp3) is 0.389. The van der Waals surface area contributed by atoms with E-state index < -0.39 is 0 Å². The van der Waals surface area contributed by atoms with Crippen LogP contribution >= 0.6 is 22.9 Å². The molecule has 0 saturated carbocycles. The van der Waals surface area contributed by atoms with Gasteiger partial charge in [-0.25, -0.2) is 0 Å². The number of anilines is 1. The third kappa shape index (κ3) is 4.56. The molecule has 0 aliphatic heterocycles. The minimum Gasteiger partial charge on any atom is -0.324 e. The van der Waals surface area contributed by atoms with E-state index >= 15 is 0 Å². The number of benzene rings is 1. The molecule has 0 aliphatic carbocycles. The van der Waals surface area contributed by atoms with Crippen LogP contribution in [-0.4, -0.2) is 23.9 Å². The molecule has 0 radical (unpaired) electrons. The first-order chi connectivity index (χ1) is 10.8. The highest BCUT2D eigenvalue weighted by atomic mass is 35.5. The number of hydrogen-bond acceptors (Lipinski definition) is 3. The molecule has 0 spiro atoms. The van der Waals surface area contributed by atoms with Crippen molar-refractivity contribution in [3.8, 4) is 0 Å². The van der Waals surface area contributed by atoms with Crippen LogP contribution in [-0.2, 0) is 11.3 Å². The first-order valence-electron chi connectivity index (χ1n) is 7.61. The van der Waals surface area contributed by atoms with Crippen molar-refractivity contribution in [2.45, 2.75) is 40.3 Å². The van der Waals surface area contributed by atoms with Gasteiger partial charge >= 0.3 is 0 Å². The second kappa shape index (κ2) is 7.47. The van der Waals surface area contributed by atoms with Gasteiger partial charge in [-0.05, 0) is 58.0 Å². The molecule has 1 aromatic heterocycles. The Balaban J connectivity index is 2.05. The van der Waals surface area contributed by atoms with Crippen molar-refractivity contribution in [2.75, 3.05) is 12.4 Å². The summed E-state index contributed by atoms with van der Waals surface area (Å²) in [6.45, 7) is 8.74. The number of hydrogen-bond donors (Lipinski definition) is 1. The Morgan fingerprint density at radius 1 is 1.26 bits per heavy atom. The van der Waals surface area contributed by atoms with Crippen molar-refractivity contribution < 1.29 is 4.79 Å². The number of carbonyl (C=O) groups is 1. The van der Waals surface area contributed by atoms with Crippen LogP contribution < -0.4 is 5.32 Å². The highest BCUT2D eigenvalue weighted by molar-refractivity contribution is 7.16. The number of thiophene rings is 1. The highest BCUT2D eigenvalue weighted by Crippen LogP contribution is 2.24. The van der Waals surface area contributed by atoms with Crippen molar-refractivity contribution in [2.24, 2.45) is 0 Å². The van der Waals surface area contributed by atoms with Gasteiger partial charge in [0.1, 0.15) is 0 Å². The van der Waals surface area contributed by atoms with Crippen LogP contribution in [0.5, 0.6) is 0 Å². The second-order valence-electron chi connectivity index (χ2n) is 6.06. The number of halogens is 1. The van der Waals surface area contributed by atoms with Gasteiger partial charge in [0.05, 0.1) is 10.4 Å². The van der Waals surface area contributed by atoms with Crippen molar-refractivity contribution in [3.63, 3.8) is 0 Å². The quantitative estimate of drug-likeness (QED) is 0.841. The molecule has 1 atom stereocenters. The fourth-order valence-electron chi connectivity index (χ4n) is 2.62. The lowest BCUT2D eigenvalue weighted by molar-refractivity contribution is -0.120. The fourth-order valence-corrected chi connectivity index (χ4v) is 3.78. The lowest BCUT2D eigenvalue weighted by atomic mass is 10.0. The van der Waals surface area contributed by atoms with Gasteiger partial charge in [0.15, 0.2) is 0 Å². The first kappa shape index (κ1) is 18.0. The second-order valence-corrected chi connectivity index (χ2v) is 7.86. The number of likely N-dealkylation sites (N-methyl/N-ethyl adjacent to an activating group) is 1. The summed E-state index contributed by atoms with van der Waals surface area (Å²) in [6, 6.07) is 7.84. The van der Waals surface area contributed by atoms with Crippen LogP contribution in [0.2, 0.25) is 4.34 Å². The molecule has 124 valence electrons. The Morgan fingerprint density at radius 2 is 1.87 bits per heavy atom. The zero-order chi connectivity index (χ0) is 17.1. The van der Waals surface area contributed by atoms with E-state index in [9.17, 15) is 4.79 Å². The van der Waals surface area contributed by atoms with Crippen LogP contribution in [0, 0.1) is 20.8 Å². The van der Waals surface area contributed by atoms with Crippen molar-refractivity contribution >= 4 is 34.5 Å². The monoisotopic (exact) mass is 350 g/mol. The van der Waals surface area contributed by atoms with Crippen LogP contribution in [0.3, 0.4) is 0 Å². The van der Waals surface area contributed by atoms with Crippen LogP contribution in [0.4, 0.5) is 5.69 Å². The summed E-state index contributed by atoms with van der Waals surface area (Å²) >= 11 is 7.51. The van der Waals surface area contributed by atoms with Crippen LogP contribution in [0.25, 0.3) is 0 Å². The van der Waals surface area contributed by atoms with Gasteiger partial charge in [-0.3, -0.25) is 9.69 Å². The molecular formula is C18H23ClN2OS. The van der Waals surface area contributed by atoms with E-state index in [2.05, 4.69) is 24.4 Å². The summed E-state index contributed by atoms with van der Waals surface area (Å²) in [5.74, 6) is 0.00482. The smallest absolute Gasteiger partial charge is 0.241 e. The van der Waals surface area contributed by atoms with Gasteiger partial charge in [-0.15, -0.1) is 11.3 Å². The normalized spacial score (nSPS) is 12.5. The van der Waals surface area contributed by atoms with Crippen molar-refractivity contribution in [1.29, 1.82) is 0 Å². The number of nitrogens with zero attached hydrogens (tertiary/aromatic N) is 1. The van der Waals surface area contributed by atoms with E-state index in [0.29, 0.717) is 6.54 Å². The summed E-state index contributed by atoms with van der Waals surface area (Å²) in [6.07, 6.45) is 0. The average Bonchev–Trinajstić information content (AvgIpc) is 2.86. The largest absolute Gasteiger partial charge is 0.324 e. The maximum Gasteiger partial charge on any atom is 0.241 e. The van der Waals surface area contributed by atoms with Gasteiger partial charge in [-0.2, -0.15) is 0 Å². The molecule has 0 aliphatic rings. The molecule has 2 rings (SSSR count). The number of rotatable bonds is 5. The summed E-state index contributed by atoms with van der Waals surface area (Å²) in [7, 11) is 1.95. The zero-order valence-corrected chi connectivity index (χ0v) is 15.8. The van der Waals surface area contributed by atoms with Crippen LogP contribution in [0.15, 0.2) is 24.3 Å². The Bertz CT molecular complexity index is 688. The molecule has 1 N–H and O–H groups in total. The SMILES string of the molecule is Cc1cc(C)c(NC(=O)[C@H](C)N(C)Cc2ccc(Cl)s2)c(C)c1. The topological polar surface area (TPSA) is 32.3 Å². The number of amides is 1. The summed E-state index contributed by atoms with van der Waals surface area (Å²) < 4.78 is 0.774. The Morgan fingerprint density at radius 3 is 2.39 bits per heavy atom. The predicted molar refractivity (Wildman–Crippen MR) is 99.5 cm³/mol. The van der Waals surface area contributed by atoms with Gasteiger partial charge in [0.25, 0.3) is 0 Å². The summed E-state index contributed by atoms with van der Waals surface area (Å²) in [5.41, 5.74) is 4.31. The minimum atomic E-state index is -0.226. The highest BCUT2D eigenvalue weighted by Gasteiger charge is 2.20. The van der Waals surface area contributed by atoms with E-state index in [1.807, 2.05) is 44.9 Å². The first-order valence-corrected chi connectivity index (χ1v) is 8.80. The maximum atomic E-state index is 12.6. The molecule has 0 bridgehead atoms.